The fourth-order valence-corrected chi connectivity index (χ4v) is 2.12. The van der Waals surface area contributed by atoms with Crippen LogP contribution in [0.4, 0.5) is 0 Å². The molecular formula is C17H21NO2. The van der Waals surface area contributed by atoms with Crippen LogP contribution in [0.2, 0.25) is 0 Å². The Balaban J connectivity index is 2.18. The van der Waals surface area contributed by atoms with E-state index in [4.69, 9.17) is 4.74 Å². The molecule has 0 bridgehead atoms. The molecule has 0 saturated heterocycles. The molecule has 1 heterocycles. The minimum atomic E-state index is -0.447. The summed E-state index contributed by atoms with van der Waals surface area (Å²) in [6.07, 6.45) is 2.38. The van der Waals surface area contributed by atoms with E-state index in [0.29, 0.717) is 6.42 Å². The van der Waals surface area contributed by atoms with E-state index in [1.54, 1.807) is 6.20 Å². The van der Waals surface area contributed by atoms with E-state index in [0.717, 1.165) is 16.5 Å². The molecule has 2 aromatic rings. The number of pyridine rings is 1. The van der Waals surface area contributed by atoms with Gasteiger partial charge in [0.05, 0.1) is 5.92 Å². The number of ether oxygens (including phenoxy) is 1. The Morgan fingerprint density at radius 1 is 1.25 bits per heavy atom. The monoisotopic (exact) mass is 271 g/mol. The average molecular weight is 271 g/mol. The van der Waals surface area contributed by atoms with Gasteiger partial charge in [-0.05, 0) is 32.2 Å². The maximum Gasteiger partial charge on any atom is 0.309 e. The molecule has 0 aliphatic carbocycles. The highest BCUT2D eigenvalue weighted by Crippen LogP contribution is 2.20. The van der Waals surface area contributed by atoms with E-state index in [1.807, 2.05) is 52.0 Å². The van der Waals surface area contributed by atoms with Gasteiger partial charge in [-0.25, -0.2) is 0 Å². The zero-order valence-electron chi connectivity index (χ0n) is 12.5. The Hall–Kier alpha value is -1.90. The molecule has 0 amide bonds. The molecular weight excluding hydrogens is 250 g/mol. The molecule has 1 unspecified atom stereocenters. The first-order valence-corrected chi connectivity index (χ1v) is 6.92. The van der Waals surface area contributed by atoms with Crippen molar-refractivity contribution in [1.82, 2.24) is 4.98 Å². The molecule has 0 aliphatic rings. The smallest absolute Gasteiger partial charge is 0.309 e. The molecule has 3 nitrogen and oxygen atoms in total. The van der Waals surface area contributed by atoms with Crippen LogP contribution in [0.25, 0.3) is 10.8 Å². The van der Waals surface area contributed by atoms with Gasteiger partial charge in [-0.1, -0.05) is 31.2 Å². The van der Waals surface area contributed by atoms with Crippen molar-refractivity contribution in [2.75, 3.05) is 0 Å². The van der Waals surface area contributed by atoms with Crippen LogP contribution in [0.15, 0.2) is 36.5 Å². The summed E-state index contributed by atoms with van der Waals surface area (Å²) < 4.78 is 5.42. The molecule has 3 heteroatoms. The van der Waals surface area contributed by atoms with Gasteiger partial charge in [0, 0.05) is 23.7 Å². The maximum absolute atomic E-state index is 12.0. The highest BCUT2D eigenvalue weighted by Gasteiger charge is 2.22. The van der Waals surface area contributed by atoms with E-state index >= 15 is 0 Å². The van der Waals surface area contributed by atoms with Crippen molar-refractivity contribution in [2.24, 2.45) is 5.92 Å². The van der Waals surface area contributed by atoms with Crippen LogP contribution in [-0.4, -0.2) is 16.6 Å². The lowest BCUT2D eigenvalue weighted by Crippen LogP contribution is -2.28. The largest absolute Gasteiger partial charge is 0.460 e. The lowest BCUT2D eigenvalue weighted by Gasteiger charge is -2.22. The number of aromatic nitrogens is 1. The van der Waals surface area contributed by atoms with Crippen molar-refractivity contribution in [1.29, 1.82) is 0 Å². The van der Waals surface area contributed by atoms with Crippen LogP contribution >= 0.6 is 0 Å². The Morgan fingerprint density at radius 3 is 2.65 bits per heavy atom. The number of hydrogen-bond donors (Lipinski definition) is 0. The minimum absolute atomic E-state index is 0.174. The zero-order chi connectivity index (χ0) is 14.8. The summed E-state index contributed by atoms with van der Waals surface area (Å²) in [7, 11) is 0. The maximum atomic E-state index is 12.0. The second kappa shape index (κ2) is 5.61. The molecule has 0 saturated carbocycles. The third kappa shape index (κ3) is 3.56. The molecule has 0 fully saturated rings. The van der Waals surface area contributed by atoms with Crippen LogP contribution in [0.3, 0.4) is 0 Å². The summed E-state index contributed by atoms with van der Waals surface area (Å²) in [5.74, 6) is -0.375. The Labute approximate surface area is 120 Å². The normalized spacial score (nSPS) is 13.2. The summed E-state index contributed by atoms with van der Waals surface area (Å²) in [5.41, 5.74) is 0.499. The Morgan fingerprint density at radius 2 is 1.95 bits per heavy atom. The third-order valence-corrected chi connectivity index (χ3v) is 3.06. The first-order valence-electron chi connectivity index (χ1n) is 6.92. The summed E-state index contributed by atoms with van der Waals surface area (Å²) in [5, 5.41) is 2.25. The highest BCUT2D eigenvalue weighted by molar-refractivity contribution is 5.84. The SMILES string of the molecule is CC(Cc1nccc2ccccc12)C(=O)OC(C)(C)C. The second-order valence-corrected chi connectivity index (χ2v) is 6.12. The number of nitrogens with zero attached hydrogens (tertiary/aromatic N) is 1. The van der Waals surface area contributed by atoms with Crippen LogP contribution in [-0.2, 0) is 16.0 Å². The van der Waals surface area contributed by atoms with Crippen molar-refractivity contribution in [3.05, 3.63) is 42.2 Å². The number of carbonyl (C=O) groups excluding carboxylic acids is 1. The lowest BCUT2D eigenvalue weighted by atomic mass is 10.0. The number of benzene rings is 1. The standard InChI is InChI=1S/C17H21NO2/c1-12(16(19)20-17(2,3)4)11-15-14-8-6-5-7-13(14)9-10-18-15/h5-10,12H,11H2,1-4H3. The van der Waals surface area contributed by atoms with E-state index < -0.39 is 5.60 Å². The van der Waals surface area contributed by atoms with Gasteiger partial charge in [0.15, 0.2) is 0 Å². The van der Waals surface area contributed by atoms with Gasteiger partial charge in [-0.2, -0.15) is 0 Å². The molecule has 106 valence electrons. The lowest BCUT2D eigenvalue weighted by molar-refractivity contribution is -0.159. The van der Waals surface area contributed by atoms with Crippen LogP contribution in [0.5, 0.6) is 0 Å². The summed E-state index contributed by atoms with van der Waals surface area (Å²) in [4.78, 5) is 16.5. The van der Waals surface area contributed by atoms with Crippen molar-refractivity contribution < 1.29 is 9.53 Å². The van der Waals surface area contributed by atoms with Crippen molar-refractivity contribution in [3.63, 3.8) is 0 Å². The van der Waals surface area contributed by atoms with Gasteiger partial charge in [0.25, 0.3) is 0 Å². The Bertz CT molecular complexity index is 608. The van der Waals surface area contributed by atoms with Crippen molar-refractivity contribution in [2.45, 2.75) is 39.7 Å². The van der Waals surface area contributed by atoms with E-state index in [2.05, 4.69) is 11.1 Å². The first kappa shape index (κ1) is 14.5. The molecule has 0 aliphatic heterocycles. The van der Waals surface area contributed by atoms with Gasteiger partial charge in [-0.15, -0.1) is 0 Å². The number of esters is 1. The Kier molecular flexibility index (Phi) is 4.07. The van der Waals surface area contributed by atoms with Crippen LogP contribution in [0, 0.1) is 5.92 Å². The fraction of sp³-hybridized carbons (Fsp3) is 0.412. The number of rotatable bonds is 3. The molecule has 0 radical (unpaired) electrons. The fourth-order valence-electron chi connectivity index (χ4n) is 2.12. The van der Waals surface area contributed by atoms with Gasteiger partial charge in [0.2, 0.25) is 0 Å². The van der Waals surface area contributed by atoms with Gasteiger partial charge >= 0.3 is 5.97 Å². The van der Waals surface area contributed by atoms with Crippen molar-refractivity contribution >= 4 is 16.7 Å². The van der Waals surface area contributed by atoms with E-state index in [9.17, 15) is 4.79 Å². The molecule has 1 aromatic heterocycles. The predicted octanol–water partition coefficient (Wildman–Crippen LogP) is 3.76. The van der Waals surface area contributed by atoms with Crippen LogP contribution in [0.1, 0.15) is 33.4 Å². The molecule has 2 rings (SSSR count). The number of fused-ring (bicyclic) bond motifs is 1. The third-order valence-electron chi connectivity index (χ3n) is 3.06. The molecule has 20 heavy (non-hydrogen) atoms. The molecule has 1 aromatic carbocycles. The summed E-state index contributed by atoms with van der Waals surface area (Å²) in [6, 6.07) is 10.1. The quantitative estimate of drug-likeness (QED) is 0.798. The van der Waals surface area contributed by atoms with Gasteiger partial charge in [-0.3, -0.25) is 9.78 Å². The zero-order valence-corrected chi connectivity index (χ0v) is 12.5. The van der Waals surface area contributed by atoms with Gasteiger partial charge in [0.1, 0.15) is 5.60 Å². The molecule has 0 spiro atoms. The van der Waals surface area contributed by atoms with E-state index in [-0.39, 0.29) is 11.9 Å². The minimum Gasteiger partial charge on any atom is -0.460 e. The second-order valence-electron chi connectivity index (χ2n) is 6.12. The molecule has 1 atom stereocenters. The van der Waals surface area contributed by atoms with Gasteiger partial charge < -0.3 is 4.74 Å². The van der Waals surface area contributed by atoms with Crippen molar-refractivity contribution in [3.8, 4) is 0 Å². The topological polar surface area (TPSA) is 39.2 Å². The highest BCUT2D eigenvalue weighted by atomic mass is 16.6. The summed E-state index contributed by atoms with van der Waals surface area (Å²) >= 11 is 0. The number of hydrogen-bond acceptors (Lipinski definition) is 3. The van der Waals surface area contributed by atoms with Crippen LogP contribution < -0.4 is 0 Å². The average Bonchev–Trinajstić information content (AvgIpc) is 2.37. The number of carbonyl (C=O) groups is 1. The predicted molar refractivity (Wildman–Crippen MR) is 80.5 cm³/mol. The van der Waals surface area contributed by atoms with E-state index in [1.165, 1.54) is 0 Å². The first-order chi connectivity index (χ1) is 9.37. The summed E-state index contributed by atoms with van der Waals surface area (Å²) in [6.45, 7) is 7.53. The molecule has 0 N–H and O–H groups in total.